The summed E-state index contributed by atoms with van der Waals surface area (Å²) in [6, 6.07) is 34.5. The van der Waals surface area contributed by atoms with Crippen LogP contribution in [0, 0.1) is 28.4 Å². The van der Waals surface area contributed by atoms with Crippen LogP contribution in [0.4, 0.5) is 8.78 Å². The maximum absolute atomic E-state index is 14.4. The van der Waals surface area contributed by atoms with Crippen molar-refractivity contribution >= 4 is 43.8 Å². The molecule has 7 rings (SSSR count). The van der Waals surface area contributed by atoms with Crippen LogP contribution in [0.3, 0.4) is 0 Å². The van der Waals surface area contributed by atoms with Gasteiger partial charge in [-0.05, 0) is 119 Å². The van der Waals surface area contributed by atoms with Gasteiger partial charge in [-0.1, -0.05) is 68.1 Å². The Labute approximate surface area is 303 Å². The molecule has 2 aliphatic carbocycles. The van der Waals surface area contributed by atoms with Crippen molar-refractivity contribution in [1.82, 2.24) is 0 Å². The van der Waals surface area contributed by atoms with E-state index in [-0.39, 0.29) is 17.5 Å². The van der Waals surface area contributed by atoms with Crippen molar-refractivity contribution in [2.75, 3.05) is 5.75 Å². The largest absolute Gasteiger partial charge is 0.299 e. The number of fused-ring (bicyclic) bond motifs is 2. The zero-order valence-corrected chi connectivity index (χ0v) is 30.5. The Morgan fingerprint density at radius 2 is 1.29 bits per heavy atom. The van der Waals surface area contributed by atoms with Crippen molar-refractivity contribution in [2.45, 2.75) is 57.6 Å². The van der Waals surface area contributed by atoms with E-state index in [1.807, 2.05) is 62.4 Å². The maximum Gasteiger partial charge on any atom is 0.278 e. The van der Waals surface area contributed by atoms with Gasteiger partial charge in [-0.25, -0.2) is 12.4 Å². The van der Waals surface area contributed by atoms with Crippen LogP contribution in [-0.2, 0) is 18.5 Å². The lowest BCUT2D eigenvalue weighted by atomic mass is 9.70. The van der Waals surface area contributed by atoms with E-state index in [0.717, 1.165) is 16.2 Å². The monoisotopic (exact) mass is 742 g/mol. The summed E-state index contributed by atoms with van der Waals surface area (Å²) < 4.78 is 64.0. The summed E-state index contributed by atoms with van der Waals surface area (Å²) >= 11 is 1.43. The van der Waals surface area contributed by atoms with Crippen LogP contribution < -0.4 is 0 Å². The molecule has 0 amide bonds. The molecule has 5 aromatic rings. The number of carbonyl (C=O) groups excluding carboxylic acids is 2. The summed E-state index contributed by atoms with van der Waals surface area (Å²) in [5.74, 6) is -1.55. The van der Waals surface area contributed by atoms with Gasteiger partial charge in [0.05, 0.1) is 11.2 Å². The number of hydrogen-bond donors (Lipinski definition) is 0. The fourth-order valence-corrected chi connectivity index (χ4v) is 14.6. The van der Waals surface area contributed by atoms with Gasteiger partial charge in [0.25, 0.3) is 10.1 Å². The first-order valence-electron chi connectivity index (χ1n) is 16.6. The zero-order valence-electron chi connectivity index (χ0n) is 28.1. The molecule has 5 nitrogen and oxygen atoms in total. The first-order chi connectivity index (χ1) is 24.3. The Bertz CT molecular complexity index is 2160. The lowest BCUT2D eigenvalue weighted by Crippen LogP contribution is -2.42. The van der Waals surface area contributed by atoms with Gasteiger partial charge in [-0.3, -0.25) is 9.59 Å². The molecule has 5 aromatic carbocycles. The van der Waals surface area contributed by atoms with Crippen LogP contribution in [-0.4, -0.2) is 25.7 Å². The van der Waals surface area contributed by atoms with Crippen LogP contribution in [0.1, 0.15) is 49.0 Å². The molecule has 10 heteroatoms. The van der Waals surface area contributed by atoms with Crippen molar-refractivity contribution in [3.63, 3.8) is 0 Å². The maximum atomic E-state index is 14.4. The van der Waals surface area contributed by atoms with Gasteiger partial charge < -0.3 is 0 Å². The normalized spacial score (nSPS) is 20.0. The summed E-state index contributed by atoms with van der Waals surface area (Å²) in [4.78, 5) is 29.4. The Hall–Kier alpha value is -4.09. The highest BCUT2D eigenvalue weighted by molar-refractivity contribution is 8.33. The van der Waals surface area contributed by atoms with E-state index in [4.69, 9.17) is 3.63 Å². The molecule has 0 N–H and O–H groups in total. The van der Waals surface area contributed by atoms with Gasteiger partial charge in [-0.15, -0.1) is 0 Å². The molecule has 2 aliphatic rings. The standard InChI is InChI=1S/C41H36F2O5S3/c1-40(2)30-23-24-41(40,38(44)26-30)27-50(46,47)48-51(35-17-11-31(42)12-18-35,36-19-13-32(43)14-20-36)37-21-15-33(16-22-37)49-34-10-6-9-29(25-34)39(45)28-7-4-3-5-8-28/h3-22,25,30H,23-24,26-27H2,1-2H3. The van der Waals surface area contributed by atoms with E-state index in [9.17, 15) is 26.8 Å². The Morgan fingerprint density at radius 3 is 1.82 bits per heavy atom. The van der Waals surface area contributed by atoms with E-state index in [0.29, 0.717) is 38.7 Å². The number of halogens is 2. The molecule has 262 valence electrons. The third-order valence-electron chi connectivity index (χ3n) is 10.6. The number of rotatable bonds is 11. The first-order valence-corrected chi connectivity index (χ1v) is 20.6. The molecule has 0 aromatic heterocycles. The topological polar surface area (TPSA) is 77.5 Å². The highest BCUT2D eigenvalue weighted by Gasteiger charge is 2.65. The Balaban J connectivity index is 1.28. The summed E-state index contributed by atoms with van der Waals surface area (Å²) in [5.41, 5.74) is -0.460. The van der Waals surface area contributed by atoms with E-state index in [1.165, 1.54) is 60.3 Å². The van der Waals surface area contributed by atoms with Crippen molar-refractivity contribution in [3.05, 3.63) is 150 Å². The van der Waals surface area contributed by atoms with Gasteiger partial charge in [0.1, 0.15) is 17.4 Å². The average molecular weight is 743 g/mol. The third kappa shape index (κ3) is 6.48. The van der Waals surface area contributed by atoms with Crippen molar-refractivity contribution in [2.24, 2.45) is 16.7 Å². The minimum absolute atomic E-state index is 0.0593. The summed E-state index contributed by atoms with van der Waals surface area (Å²) in [5, 5.41) is 0. The van der Waals surface area contributed by atoms with E-state index in [2.05, 4.69) is 0 Å². The van der Waals surface area contributed by atoms with E-state index in [1.54, 1.807) is 30.3 Å². The molecule has 0 saturated heterocycles. The number of hydrogen-bond acceptors (Lipinski definition) is 6. The number of Topliss-reactive ketones (excluding diaryl/α,β-unsaturated/α-hetero) is 1. The molecule has 51 heavy (non-hydrogen) atoms. The van der Waals surface area contributed by atoms with Crippen molar-refractivity contribution in [1.29, 1.82) is 0 Å². The van der Waals surface area contributed by atoms with E-state index < -0.39 is 48.6 Å². The van der Waals surface area contributed by atoms with Gasteiger partial charge in [0, 0.05) is 42.0 Å². The molecule has 2 fully saturated rings. The molecule has 2 atom stereocenters. The summed E-state index contributed by atoms with van der Waals surface area (Å²) in [6.07, 6.45) is 1.58. The van der Waals surface area contributed by atoms with Crippen LogP contribution in [0.2, 0.25) is 0 Å². The second kappa shape index (κ2) is 13.5. The second-order valence-corrected chi connectivity index (χ2v) is 19.3. The fraction of sp³-hybridized carbons (Fsp3) is 0.220. The smallest absolute Gasteiger partial charge is 0.278 e. The molecule has 0 heterocycles. The van der Waals surface area contributed by atoms with E-state index >= 15 is 0 Å². The highest BCUT2D eigenvalue weighted by atomic mass is 32.3. The first kappa shape index (κ1) is 35.3. The molecular formula is C41H36F2O5S3. The predicted octanol–water partition coefficient (Wildman–Crippen LogP) is 10.3. The van der Waals surface area contributed by atoms with Gasteiger partial charge >= 0.3 is 0 Å². The molecule has 0 spiro atoms. The molecule has 2 saturated carbocycles. The second-order valence-electron chi connectivity index (χ2n) is 13.7. The van der Waals surface area contributed by atoms with Gasteiger partial charge in [0.15, 0.2) is 5.78 Å². The SMILES string of the molecule is CC1(C)C2CCC1(CS(=O)(=O)OS(c1ccc(F)cc1)(c1ccc(F)cc1)c1ccc(Sc3cccc(C(=O)c4ccccc4)c3)cc1)C(=O)C2. The van der Waals surface area contributed by atoms with Crippen LogP contribution in [0.5, 0.6) is 0 Å². The molecule has 0 radical (unpaired) electrons. The Morgan fingerprint density at radius 1 is 0.745 bits per heavy atom. The highest BCUT2D eigenvalue weighted by Crippen LogP contribution is 2.71. The molecule has 2 unspecified atom stereocenters. The predicted molar refractivity (Wildman–Crippen MR) is 196 cm³/mol. The van der Waals surface area contributed by atoms with Crippen molar-refractivity contribution in [3.8, 4) is 0 Å². The third-order valence-corrected chi connectivity index (χ3v) is 16.9. The van der Waals surface area contributed by atoms with Crippen LogP contribution >= 0.6 is 22.1 Å². The lowest BCUT2D eigenvalue weighted by Gasteiger charge is -2.41. The fourth-order valence-electron chi connectivity index (χ4n) is 7.66. The quantitative estimate of drug-likeness (QED) is 0.125. The average Bonchev–Trinajstić information content (AvgIpc) is 3.46. The summed E-state index contributed by atoms with van der Waals surface area (Å²) in [7, 11) is -7.60. The molecule has 2 bridgehead atoms. The number of benzene rings is 5. The molecular weight excluding hydrogens is 707 g/mol. The van der Waals surface area contributed by atoms with Gasteiger partial charge in [-0.2, -0.15) is 8.42 Å². The number of ketones is 2. The lowest BCUT2D eigenvalue weighted by molar-refractivity contribution is -0.128. The van der Waals surface area contributed by atoms with Crippen LogP contribution in [0.15, 0.2) is 152 Å². The van der Waals surface area contributed by atoms with Gasteiger partial charge in [0.2, 0.25) is 0 Å². The minimum atomic E-state index is -4.44. The zero-order chi connectivity index (χ0) is 36.0. The number of carbonyl (C=O) groups is 2. The summed E-state index contributed by atoms with van der Waals surface area (Å²) in [6.45, 7) is 3.93. The Kier molecular flexibility index (Phi) is 9.33. The minimum Gasteiger partial charge on any atom is -0.299 e. The molecule has 0 aliphatic heterocycles. The van der Waals surface area contributed by atoms with Crippen LogP contribution in [0.25, 0.3) is 0 Å². The van der Waals surface area contributed by atoms with Crippen molar-refractivity contribution < 1.29 is 30.4 Å².